The normalized spacial score (nSPS) is 11.3. The lowest BCUT2D eigenvalue weighted by Crippen LogP contribution is -2.36. The van der Waals surface area contributed by atoms with Gasteiger partial charge in [-0.05, 0) is 19.8 Å². The smallest absolute Gasteiger partial charge is 0.315 e. The van der Waals surface area contributed by atoms with Crippen molar-refractivity contribution in [2.24, 2.45) is 0 Å². The molecule has 2 rings (SSSR count). The van der Waals surface area contributed by atoms with E-state index < -0.39 is 5.69 Å². The third-order valence-electron chi connectivity index (χ3n) is 3.83. The van der Waals surface area contributed by atoms with Crippen LogP contribution in [0.25, 0.3) is 11.2 Å². The number of hydrogen-bond acceptors (Lipinski definition) is 4. The second-order valence-electron chi connectivity index (χ2n) is 5.86. The van der Waals surface area contributed by atoms with Crippen LogP contribution in [0.1, 0.15) is 52.3 Å². The second-order valence-corrected chi connectivity index (χ2v) is 5.86. The van der Waals surface area contributed by atoms with Crippen LogP contribution in [0.5, 0.6) is 0 Å². The average Bonchev–Trinajstić information content (AvgIpc) is 2.81. The molecule has 7 heteroatoms. The molecule has 0 aliphatic rings. The van der Waals surface area contributed by atoms with E-state index in [4.69, 9.17) is 0 Å². The molecule has 2 aromatic heterocycles. The van der Waals surface area contributed by atoms with Gasteiger partial charge in [0.2, 0.25) is 0 Å². The molecule has 0 radical (unpaired) electrons. The zero-order chi connectivity index (χ0) is 17.0. The van der Waals surface area contributed by atoms with Gasteiger partial charge in [-0.3, -0.25) is 19.1 Å². The number of aryl methyl sites for hydroxylation is 1. The first-order chi connectivity index (χ1) is 11.0. The van der Waals surface area contributed by atoms with Crippen molar-refractivity contribution in [1.29, 1.82) is 0 Å². The number of Topliss-reactive ketones (excluding diaryl/α,β-unsaturated/α-hetero) is 1. The molecule has 0 unspecified atom stereocenters. The van der Waals surface area contributed by atoms with Gasteiger partial charge in [-0.15, -0.1) is 0 Å². The Morgan fingerprint density at radius 1 is 1.13 bits per heavy atom. The quantitative estimate of drug-likeness (QED) is 0.800. The largest absolute Gasteiger partial charge is 0.330 e. The number of rotatable bonds is 8. The predicted octanol–water partition coefficient (Wildman–Crippen LogP) is 1.62. The third kappa shape index (κ3) is 3.60. The monoisotopic (exact) mass is 320 g/mol. The van der Waals surface area contributed by atoms with Gasteiger partial charge in [0.05, 0.1) is 6.54 Å². The maximum absolute atomic E-state index is 12.7. The summed E-state index contributed by atoms with van der Waals surface area (Å²) in [5, 5.41) is 0. The number of fused-ring (bicyclic) bond motifs is 1. The van der Waals surface area contributed by atoms with E-state index in [1.165, 1.54) is 11.5 Å². The number of unbranched alkanes of at least 4 members (excludes halogenated alkanes) is 2. The maximum Gasteiger partial charge on any atom is 0.330 e. The Balaban J connectivity index is 2.66. The van der Waals surface area contributed by atoms with Gasteiger partial charge in [0, 0.05) is 13.0 Å². The SMILES string of the molecule is CCCCc1nc2[nH]c(=O)n(CCCC)c(=O)c2n1CC(C)=O. The Bertz CT molecular complexity index is 813. The Kier molecular flexibility index (Phi) is 5.52. The Labute approximate surface area is 134 Å². The predicted molar refractivity (Wildman–Crippen MR) is 88.8 cm³/mol. The van der Waals surface area contributed by atoms with Crippen LogP contribution in [-0.2, 0) is 24.3 Å². The molecule has 0 aliphatic heterocycles. The van der Waals surface area contributed by atoms with E-state index in [0.29, 0.717) is 24.3 Å². The number of ketones is 1. The van der Waals surface area contributed by atoms with Crippen molar-refractivity contribution in [2.75, 3.05) is 0 Å². The molecule has 1 N–H and O–H groups in total. The van der Waals surface area contributed by atoms with E-state index in [1.54, 1.807) is 4.57 Å². The van der Waals surface area contributed by atoms with Crippen LogP contribution in [0.3, 0.4) is 0 Å². The van der Waals surface area contributed by atoms with E-state index in [1.807, 2.05) is 6.92 Å². The summed E-state index contributed by atoms with van der Waals surface area (Å²) in [5.74, 6) is 0.630. The molecule has 0 amide bonds. The summed E-state index contributed by atoms with van der Waals surface area (Å²) in [5.41, 5.74) is -0.207. The van der Waals surface area contributed by atoms with Crippen molar-refractivity contribution in [2.45, 2.75) is 66.0 Å². The highest BCUT2D eigenvalue weighted by Gasteiger charge is 2.18. The summed E-state index contributed by atoms with van der Waals surface area (Å²) in [4.78, 5) is 43.5. The first-order valence-electron chi connectivity index (χ1n) is 8.21. The molecule has 2 aromatic rings. The van der Waals surface area contributed by atoms with Crippen LogP contribution in [0.2, 0.25) is 0 Å². The molecule has 2 heterocycles. The van der Waals surface area contributed by atoms with Crippen molar-refractivity contribution >= 4 is 16.9 Å². The molecule has 0 aromatic carbocycles. The number of nitrogens with one attached hydrogen (secondary N) is 1. The minimum atomic E-state index is -0.439. The molecule has 126 valence electrons. The fraction of sp³-hybridized carbons (Fsp3) is 0.625. The number of carbonyl (C=O) groups excluding carboxylic acids is 1. The van der Waals surface area contributed by atoms with E-state index in [-0.39, 0.29) is 23.5 Å². The number of carbonyl (C=O) groups is 1. The maximum atomic E-state index is 12.7. The first kappa shape index (κ1) is 17.2. The molecule has 0 atom stereocenters. The lowest BCUT2D eigenvalue weighted by atomic mass is 10.2. The molecule has 0 bridgehead atoms. The summed E-state index contributed by atoms with van der Waals surface area (Å²) in [6.07, 6.45) is 4.21. The van der Waals surface area contributed by atoms with Crippen LogP contribution >= 0.6 is 0 Å². The minimum Gasteiger partial charge on any atom is -0.315 e. The van der Waals surface area contributed by atoms with E-state index in [9.17, 15) is 14.4 Å². The Hall–Kier alpha value is -2.18. The Morgan fingerprint density at radius 2 is 1.83 bits per heavy atom. The zero-order valence-corrected chi connectivity index (χ0v) is 14.0. The van der Waals surface area contributed by atoms with Crippen molar-refractivity contribution in [3.05, 3.63) is 26.7 Å². The zero-order valence-electron chi connectivity index (χ0n) is 14.0. The van der Waals surface area contributed by atoms with Gasteiger partial charge in [-0.2, -0.15) is 0 Å². The van der Waals surface area contributed by atoms with E-state index in [2.05, 4.69) is 16.9 Å². The summed E-state index contributed by atoms with van der Waals surface area (Å²) in [7, 11) is 0. The number of aromatic nitrogens is 4. The summed E-state index contributed by atoms with van der Waals surface area (Å²) in [6.45, 7) is 6.02. The number of aromatic amines is 1. The highest BCUT2D eigenvalue weighted by atomic mass is 16.2. The molecular weight excluding hydrogens is 296 g/mol. The van der Waals surface area contributed by atoms with Crippen molar-refractivity contribution in [1.82, 2.24) is 19.1 Å². The molecule has 0 saturated carbocycles. The van der Waals surface area contributed by atoms with Crippen molar-refractivity contribution in [3.8, 4) is 0 Å². The van der Waals surface area contributed by atoms with Crippen molar-refractivity contribution < 1.29 is 4.79 Å². The van der Waals surface area contributed by atoms with Gasteiger partial charge in [0.25, 0.3) is 5.56 Å². The van der Waals surface area contributed by atoms with E-state index >= 15 is 0 Å². The topological polar surface area (TPSA) is 89.8 Å². The average molecular weight is 320 g/mol. The summed E-state index contributed by atoms with van der Waals surface area (Å²) < 4.78 is 2.86. The number of H-pyrrole nitrogens is 1. The Morgan fingerprint density at radius 3 is 2.43 bits per heavy atom. The lowest BCUT2D eigenvalue weighted by Gasteiger charge is -2.07. The molecule has 0 saturated heterocycles. The number of hydrogen-bond donors (Lipinski definition) is 1. The van der Waals surface area contributed by atoms with Crippen LogP contribution in [-0.4, -0.2) is 24.9 Å². The molecular formula is C16H24N4O3. The van der Waals surface area contributed by atoms with Gasteiger partial charge in [-0.25, -0.2) is 9.78 Å². The van der Waals surface area contributed by atoms with Gasteiger partial charge in [0.1, 0.15) is 11.6 Å². The standard InChI is InChI=1S/C16H24N4O3/c1-4-6-8-12-17-14-13(20(12)10-11(3)21)15(22)19(9-7-5-2)16(23)18-14/h4-10H2,1-3H3,(H,18,23). The molecule has 7 nitrogen and oxygen atoms in total. The van der Waals surface area contributed by atoms with Crippen molar-refractivity contribution in [3.63, 3.8) is 0 Å². The molecule has 0 fully saturated rings. The fourth-order valence-electron chi connectivity index (χ4n) is 2.63. The molecule has 0 aliphatic carbocycles. The number of imidazole rings is 1. The highest BCUT2D eigenvalue weighted by Crippen LogP contribution is 2.12. The molecule has 23 heavy (non-hydrogen) atoms. The summed E-state index contributed by atoms with van der Waals surface area (Å²) >= 11 is 0. The van der Waals surface area contributed by atoms with Gasteiger partial charge in [0.15, 0.2) is 11.2 Å². The van der Waals surface area contributed by atoms with Crippen LogP contribution in [0.4, 0.5) is 0 Å². The lowest BCUT2D eigenvalue weighted by molar-refractivity contribution is -0.117. The minimum absolute atomic E-state index is 0.0484. The number of nitrogens with zero attached hydrogens (tertiary/aromatic N) is 3. The van der Waals surface area contributed by atoms with Crippen LogP contribution in [0, 0.1) is 0 Å². The van der Waals surface area contributed by atoms with Gasteiger partial charge in [-0.1, -0.05) is 26.7 Å². The van der Waals surface area contributed by atoms with Gasteiger partial charge < -0.3 is 4.57 Å². The van der Waals surface area contributed by atoms with Crippen LogP contribution < -0.4 is 11.2 Å². The third-order valence-corrected chi connectivity index (χ3v) is 3.83. The fourth-order valence-corrected chi connectivity index (χ4v) is 2.63. The van der Waals surface area contributed by atoms with Gasteiger partial charge >= 0.3 is 5.69 Å². The highest BCUT2D eigenvalue weighted by molar-refractivity contribution is 5.78. The second kappa shape index (κ2) is 7.39. The van der Waals surface area contributed by atoms with E-state index in [0.717, 1.165) is 25.7 Å². The molecule has 0 spiro atoms. The van der Waals surface area contributed by atoms with Crippen LogP contribution in [0.15, 0.2) is 9.59 Å². The first-order valence-corrected chi connectivity index (χ1v) is 8.21. The summed E-state index contributed by atoms with van der Waals surface area (Å²) in [6, 6.07) is 0.